The maximum absolute atomic E-state index is 13.6. The van der Waals surface area contributed by atoms with Crippen molar-refractivity contribution >= 4 is 67.5 Å². The molecule has 0 aliphatic carbocycles. The van der Waals surface area contributed by atoms with Gasteiger partial charge in [-0.2, -0.15) is 0 Å². The lowest BCUT2D eigenvalue weighted by Gasteiger charge is -2.34. The van der Waals surface area contributed by atoms with Crippen LogP contribution in [0.5, 0.6) is 17.2 Å². The summed E-state index contributed by atoms with van der Waals surface area (Å²) >= 11 is 1.54. The van der Waals surface area contributed by atoms with Crippen LogP contribution in [0.25, 0.3) is 21.0 Å². The van der Waals surface area contributed by atoms with Crippen molar-refractivity contribution in [2.24, 2.45) is 4.99 Å². The van der Waals surface area contributed by atoms with Gasteiger partial charge in [-0.25, -0.2) is 24.2 Å². The summed E-state index contributed by atoms with van der Waals surface area (Å²) in [6.07, 6.45) is 5.04. The van der Waals surface area contributed by atoms with Crippen molar-refractivity contribution in [1.29, 1.82) is 0 Å². The Kier molecular flexibility index (Phi) is 16.1. The second kappa shape index (κ2) is 21.8. The van der Waals surface area contributed by atoms with Crippen molar-refractivity contribution in [3.63, 3.8) is 0 Å². The van der Waals surface area contributed by atoms with Gasteiger partial charge in [0, 0.05) is 48.6 Å². The summed E-state index contributed by atoms with van der Waals surface area (Å²) in [6.45, 7) is 22.0. The Balaban J connectivity index is 1.11. The molecule has 0 saturated carbocycles. The molecule has 1 heterocycles. The van der Waals surface area contributed by atoms with E-state index < -0.39 is 46.3 Å². The van der Waals surface area contributed by atoms with Gasteiger partial charge < -0.3 is 33.7 Å². The molecular formula is C55H59N3O10S. The summed E-state index contributed by atoms with van der Waals surface area (Å²) in [6, 6.07) is 30.8. The van der Waals surface area contributed by atoms with Gasteiger partial charge in [0.05, 0.1) is 28.0 Å². The first-order valence-corrected chi connectivity index (χ1v) is 23.3. The third-order valence-electron chi connectivity index (χ3n) is 10.5. The van der Waals surface area contributed by atoms with E-state index in [1.165, 1.54) is 11.3 Å². The van der Waals surface area contributed by atoms with Gasteiger partial charge in [-0.15, -0.1) is 0 Å². The Morgan fingerprint density at radius 1 is 0.681 bits per heavy atom. The van der Waals surface area contributed by atoms with Crippen molar-refractivity contribution in [1.82, 2.24) is 4.98 Å². The Morgan fingerprint density at radius 3 is 1.83 bits per heavy atom. The number of ether oxygens (including phenoxy) is 6. The van der Waals surface area contributed by atoms with Crippen LogP contribution in [-0.4, -0.2) is 70.8 Å². The van der Waals surface area contributed by atoms with E-state index in [2.05, 4.69) is 47.7 Å². The summed E-state index contributed by atoms with van der Waals surface area (Å²) in [4.78, 5) is 59.7. The fraction of sp³-hybridized carbons (Fsp3) is 0.309. The third kappa shape index (κ3) is 14.8. The van der Waals surface area contributed by atoms with Gasteiger partial charge in [-0.3, -0.25) is 4.99 Å². The minimum Gasteiger partial charge on any atom is -0.488 e. The minimum absolute atomic E-state index is 0.0783. The van der Waals surface area contributed by atoms with E-state index in [9.17, 15) is 19.2 Å². The highest BCUT2D eigenvalue weighted by molar-refractivity contribution is 7.22. The van der Waals surface area contributed by atoms with E-state index in [1.807, 2.05) is 45.9 Å². The standard InChI is InChI=1S/C55H59N3O10S/c1-11-46(59)67-54(7,8)33-52(3,4)65-41-23-18-38(19-24-41)49(61)63-30-29-36-17-27-44(40(31-36)32-56-35-57-51-58-48-43-16-14-13-15-37(43)22-28-45(48)69-51)64-50(62)39-20-25-42(26-21-39)66-53(5,6)34-55(9,10)68-47(60)12-2/h11-28,31-32H,1-2,29-30,33-35H2,3-10H3,(H,57,58). The first-order chi connectivity index (χ1) is 32.6. The van der Waals surface area contributed by atoms with Crippen molar-refractivity contribution < 1.29 is 47.6 Å². The maximum atomic E-state index is 13.6. The monoisotopic (exact) mass is 953 g/mol. The van der Waals surface area contributed by atoms with Crippen LogP contribution in [0.15, 0.2) is 133 Å². The highest BCUT2D eigenvalue weighted by atomic mass is 32.1. The number of carbonyl (C=O) groups excluding carboxylic acids is 4. The second-order valence-corrected chi connectivity index (χ2v) is 19.9. The molecule has 0 fully saturated rings. The SMILES string of the molecule is C=CC(=O)OC(C)(C)CC(C)(C)Oc1ccc(C(=O)OCCc2ccc(OC(=O)c3ccc(OC(C)(C)CC(C)(C)OC(=O)C=C)cc3)c(C=NCNc3nc4c(ccc5ccccc54)s3)c2)cc1. The molecule has 1 N–H and O–H groups in total. The number of hydrogen-bond acceptors (Lipinski definition) is 14. The van der Waals surface area contributed by atoms with Crippen LogP contribution in [-0.2, 0) is 30.2 Å². The molecule has 1 aromatic heterocycles. The number of anilines is 1. The molecule has 6 rings (SSSR count). The third-order valence-corrected chi connectivity index (χ3v) is 11.5. The number of aromatic nitrogens is 1. The first-order valence-electron chi connectivity index (χ1n) is 22.5. The molecule has 360 valence electrons. The van der Waals surface area contributed by atoms with Gasteiger partial charge in [0.25, 0.3) is 0 Å². The number of aliphatic imine (C=N–C) groups is 1. The predicted octanol–water partition coefficient (Wildman–Crippen LogP) is 11.7. The van der Waals surface area contributed by atoms with Gasteiger partial charge >= 0.3 is 23.9 Å². The fourth-order valence-electron chi connectivity index (χ4n) is 8.22. The zero-order chi connectivity index (χ0) is 50.0. The molecule has 0 spiro atoms. The van der Waals surface area contributed by atoms with Crippen molar-refractivity contribution in [2.75, 3.05) is 18.6 Å². The number of thiazole rings is 1. The van der Waals surface area contributed by atoms with Gasteiger partial charge in [0.15, 0.2) is 5.13 Å². The fourth-order valence-corrected chi connectivity index (χ4v) is 9.09. The number of hydrogen-bond donors (Lipinski definition) is 1. The predicted molar refractivity (Wildman–Crippen MR) is 271 cm³/mol. The molecule has 0 aliphatic rings. The summed E-state index contributed by atoms with van der Waals surface area (Å²) < 4.78 is 36.0. The van der Waals surface area contributed by atoms with Crippen LogP contribution in [0.1, 0.15) is 100 Å². The highest BCUT2D eigenvalue weighted by Gasteiger charge is 2.34. The van der Waals surface area contributed by atoms with Crippen molar-refractivity contribution in [3.05, 3.63) is 151 Å². The maximum Gasteiger partial charge on any atom is 0.343 e. The molecular weight excluding hydrogens is 895 g/mol. The molecule has 0 radical (unpaired) electrons. The quantitative estimate of drug-likeness (QED) is 0.0226. The molecule has 14 heteroatoms. The van der Waals surface area contributed by atoms with Gasteiger partial charge in [0.2, 0.25) is 0 Å². The van der Waals surface area contributed by atoms with E-state index >= 15 is 0 Å². The summed E-state index contributed by atoms with van der Waals surface area (Å²) in [5, 5.41) is 6.19. The number of fused-ring (bicyclic) bond motifs is 3. The second-order valence-electron chi connectivity index (χ2n) is 18.8. The minimum atomic E-state index is -0.811. The summed E-state index contributed by atoms with van der Waals surface area (Å²) in [5.41, 5.74) is -0.112. The molecule has 5 aromatic carbocycles. The topological polar surface area (TPSA) is 161 Å². The average molecular weight is 954 g/mol. The lowest BCUT2D eigenvalue weighted by atomic mass is 9.92. The van der Waals surface area contributed by atoms with E-state index in [0.717, 1.165) is 43.8 Å². The summed E-state index contributed by atoms with van der Waals surface area (Å²) in [5.74, 6) is -0.779. The Bertz CT molecular complexity index is 2860. The van der Waals surface area contributed by atoms with Crippen molar-refractivity contribution in [3.8, 4) is 17.2 Å². The molecule has 0 saturated heterocycles. The van der Waals surface area contributed by atoms with Crippen LogP contribution in [0.2, 0.25) is 0 Å². The average Bonchev–Trinajstić information content (AvgIpc) is 3.71. The van der Waals surface area contributed by atoms with Gasteiger partial charge in [-0.1, -0.05) is 60.9 Å². The molecule has 0 bridgehead atoms. The summed E-state index contributed by atoms with van der Waals surface area (Å²) in [7, 11) is 0. The van der Waals surface area contributed by atoms with Gasteiger partial charge in [-0.05, 0) is 133 Å². The number of rotatable bonds is 22. The van der Waals surface area contributed by atoms with Crippen LogP contribution in [0, 0.1) is 0 Å². The van der Waals surface area contributed by atoms with E-state index in [1.54, 1.807) is 94.6 Å². The molecule has 0 aliphatic heterocycles. The Morgan fingerprint density at radius 2 is 1.25 bits per heavy atom. The smallest absolute Gasteiger partial charge is 0.343 e. The van der Waals surface area contributed by atoms with E-state index in [-0.39, 0.29) is 19.0 Å². The largest absolute Gasteiger partial charge is 0.488 e. The van der Waals surface area contributed by atoms with Crippen LogP contribution < -0.4 is 19.5 Å². The molecule has 13 nitrogen and oxygen atoms in total. The van der Waals surface area contributed by atoms with E-state index in [0.29, 0.717) is 47.5 Å². The van der Waals surface area contributed by atoms with Crippen molar-refractivity contribution in [2.45, 2.75) is 97.1 Å². The molecule has 0 amide bonds. The lowest BCUT2D eigenvalue weighted by Crippen LogP contribution is -2.40. The lowest BCUT2D eigenvalue weighted by molar-refractivity contribution is -0.155. The van der Waals surface area contributed by atoms with E-state index in [4.69, 9.17) is 33.4 Å². The number of benzene rings is 5. The number of nitrogens with one attached hydrogen (secondary N) is 1. The molecule has 6 aromatic rings. The van der Waals surface area contributed by atoms with Crippen LogP contribution in [0.4, 0.5) is 5.13 Å². The van der Waals surface area contributed by atoms with Crippen LogP contribution in [0.3, 0.4) is 0 Å². The number of esters is 4. The number of nitrogens with zero attached hydrogens (tertiary/aromatic N) is 2. The zero-order valence-electron chi connectivity index (χ0n) is 40.4. The zero-order valence-corrected chi connectivity index (χ0v) is 41.2. The molecule has 0 unspecified atom stereocenters. The number of carbonyl (C=O) groups is 4. The van der Waals surface area contributed by atoms with Crippen LogP contribution >= 0.6 is 11.3 Å². The van der Waals surface area contributed by atoms with Gasteiger partial charge in [0.1, 0.15) is 46.3 Å². The Labute approximate surface area is 407 Å². The highest BCUT2D eigenvalue weighted by Crippen LogP contribution is 2.33. The first kappa shape index (κ1) is 51.1. The Hall–Kier alpha value is -7.32. The molecule has 0 atom stereocenters. The molecule has 69 heavy (non-hydrogen) atoms. The normalized spacial score (nSPS) is 12.1.